The monoisotopic (exact) mass is 336 g/mol. The molecule has 0 unspecified atom stereocenters. The number of hydrogen-bond acceptors (Lipinski definition) is 7. The summed E-state index contributed by atoms with van der Waals surface area (Å²) < 4.78 is 1.44. The number of ketones is 1. The molecule has 4 N–H and O–H groups in total. The lowest BCUT2D eigenvalue weighted by atomic mass is 9.96. The molecule has 0 aliphatic heterocycles. The predicted molar refractivity (Wildman–Crippen MR) is 88.3 cm³/mol. The molecule has 124 valence electrons. The number of aromatic nitrogens is 3. The molecule has 0 aliphatic rings. The first-order chi connectivity index (χ1) is 10.7. The second-order valence-corrected chi connectivity index (χ2v) is 7.21. The number of nitrogen functional groups attached to an aromatic ring is 1. The van der Waals surface area contributed by atoms with Crippen LogP contribution < -0.4 is 5.84 Å². The predicted octanol–water partition coefficient (Wildman–Crippen LogP) is 2.07. The SMILES string of the molecule is CC(C)(C)c1nnc(SCCC(=O)c2ccc(O)cc2O)n1N. The minimum atomic E-state index is -0.225. The van der Waals surface area contributed by atoms with E-state index in [0.29, 0.717) is 16.7 Å². The van der Waals surface area contributed by atoms with Crippen molar-refractivity contribution in [1.29, 1.82) is 0 Å². The zero-order valence-electron chi connectivity index (χ0n) is 13.3. The highest BCUT2D eigenvalue weighted by Gasteiger charge is 2.23. The van der Waals surface area contributed by atoms with Crippen molar-refractivity contribution in [2.24, 2.45) is 0 Å². The van der Waals surface area contributed by atoms with Gasteiger partial charge in [-0.2, -0.15) is 0 Å². The molecule has 0 spiro atoms. The third kappa shape index (κ3) is 3.95. The summed E-state index contributed by atoms with van der Waals surface area (Å²) in [6.45, 7) is 5.98. The molecule has 0 amide bonds. The Hall–Kier alpha value is -2.22. The smallest absolute Gasteiger partial charge is 0.209 e. The highest BCUT2D eigenvalue weighted by Crippen LogP contribution is 2.26. The maximum Gasteiger partial charge on any atom is 0.209 e. The highest BCUT2D eigenvalue weighted by atomic mass is 32.2. The van der Waals surface area contributed by atoms with Crippen molar-refractivity contribution in [3.05, 3.63) is 29.6 Å². The van der Waals surface area contributed by atoms with Gasteiger partial charge in [0.05, 0.1) is 5.56 Å². The fraction of sp³-hybridized carbons (Fsp3) is 0.400. The number of aromatic hydroxyl groups is 2. The van der Waals surface area contributed by atoms with E-state index in [2.05, 4.69) is 10.2 Å². The Morgan fingerprint density at radius 3 is 2.57 bits per heavy atom. The number of hydrogen-bond donors (Lipinski definition) is 3. The van der Waals surface area contributed by atoms with Gasteiger partial charge in [0, 0.05) is 23.7 Å². The van der Waals surface area contributed by atoms with Gasteiger partial charge in [-0.05, 0) is 12.1 Å². The molecule has 0 bridgehead atoms. The number of thioether (sulfide) groups is 1. The van der Waals surface area contributed by atoms with Crippen LogP contribution in [0.4, 0.5) is 0 Å². The van der Waals surface area contributed by atoms with Crippen molar-refractivity contribution in [3.8, 4) is 11.5 Å². The van der Waals surface area contributed by atoms with Crippen LogP contribution in [0.1, 0.15) is 43.4 Å². The van der Waals surface area contributed by atoms with Crippen LogP contribution >= 0.6 is 11.8 Å². The Bertz CT molecular complexity index is 722. The Balaban J connectivity index is 1.97. The van der Waals surface area contributed by atoms with Crippen molar-refractivity contribution < 1.29 is 15.0 Å². The largest absolute Gasteiger partial charge is 0.508 e. The molecule has 0 atom stereocenters. The Kier molecular flexibility index (Phi) is 4.84. The van der Waals surface area contributed by atoms with Crippen LogP contribution in [0.25, 0.3) is 0 Å². The van der Waals surface area contributed by atoms with Gasteiger partial charge in [0.25, 0.3) is 0 Å². The van der Waals surface area contributed by atoms with Crippen LogP contribution in [-0.4, -0.2) is 36.6 Å². The molecule has 8 heteroatoms. The van der Waals surface area contributed by atoms with Gasteiger partial charge < -0.3 is 16.1 Å². The zero-order chi connectivity index (χ0) is 17.2. The van der Waals surface area contributed by atoms with E-state index in [1.165, 1.54) is 28.6 Å². The van der Waals surface area contributed by atoms with E-state index >= 15 is 0 Å². The Morgan fingerprint density at radius 2 is 2.00 bits per heavy atom. The van der Waals surface area contributed by atoms with Crippen LogP contribution in [0, 0.1) is 0 Å². The number of benzene rings is 1. The summed E-state index contributed by atoms with van der Waals surface area (Å²) in [6, 6.07) is 3.92. The van der Waals surface area contributed by atoms with E-state index in [1.807, 2.05) is 20.8 Å². The number of phenolic OH excluding ortho intramolecular Hbond substituents is 2. The third-order valence-corrected chi connectivity index (χ3v) is 4.12. The van der Waals surface area contributed by atoms with Crippen LogP contribution in [0.2, 0.25) is 0 Å². The van der Waals surface area contributed by atoms with Gasteiger partial charge in [-0.15, -0.1) is 10.2 Å². The van der Waals surface area contributed by atoms with Gasteiger partial charge in [-0.25, -0.2) is 4.68 Å². The van der Waals surface area contributed by atoms with E-state index in [-0.39, 0.29) is 34.7 Å². The summed E-state index contributed by atoms with van der Waals surface area (Å²) in [5.74, 6) is 6.58. The molecular weight excluding hydrogens is 316 g/mol. The molecule has 7 nitrogen and oxygen atoms in total. The average molecular weight is 336 g/mol. The molecule has 2 aromatic rings. The van der Waals surface area contributed by atoms with Crippen LogP contribution in [0.5, 0.6) is 11.5 Å². The third-order valence-electron chi connectivity index (χ3n) is 3.18. The standard InChI is InChI=1S/C15H20N4O3S/c1-15(2,3)13-17-18-14(19(13)16)23-7-6-11(21)10-5-4-9(20)8-12(10)22/h4-5,8,20,22H,6-7,16H2,1-3H3. The number of carbonyl (C=O) groups is 1. The minimum absolute atomic E-state index is 0.0839. The fourth-order valence-corrected chi connectivity index (χ4v) is 2.81. The van der Waals surface area contributed by atoms with Gasteiger partial charge in [0.1, 0.15) is 11.5 Å². The zero-order valence-corrected chi connectivity index (χ0v) is 14.1. The first-order valence-electron chi connectivity index (χ1n) is 7.09. The maximum atomic E-state index is 12.1. The summed E-state index contributed by atoms with van der Waals surface area (Å²) in [5.41, 5.74) is -0.0261. The normalized spacial score (nSPS) is 11.6. The van der Waals surface area contributed by atoms with E-state index < -0.39 is 0 Å². The van der Waals surface area contributed by atoms with Crippen LogP contribution in [0.3, 0.4) is 0 Å². The highest BCUT2D eigenvalue weighted by molar-refractivity contribution is 7.99. The number of nitrogens with zero attached hydrogens (tertiary/aromatic N) is 3. The van der Waals surface area contributed by atoms with Gasteiger partial charge in [0.2, 0.25) is 5.16 Å². The van der Waals surface area contributed by atoms with Crippen molar-refractivity contribution in [3.63, 3.8) is 0 Å². The first kappa shape index (κ1) is 17.1. The number of rotatable bonds is 5. The quantitative estimate of drug-likeness (QED) is 0.435. The summed E-state index contributed by atoms with van der Waals surface area (Å²) in [7, 11) is 0. The molecule has 0 radical (unpaired) electrons. The molecule has 0 aliphatic carbocycles. The summed E-state index contributed by atoms with van der Waals surface area (Å²) in [6.07, 6.45) is 0.209. The van der Waals surface area contributed by atoms with Gasteiger partial charge >= 0.3 is 0 Å². The maximum absolute atomic E-state index is 12.1. The molecule has 0 fully saturated rings. The summed E-state index contributed by atoms with van der Waals surface area (Å²) in [5, 5.41) is 27.6. The molecule has 1 aromatic carbocycles. The molecule has 1 aromatic heterocycles. The molecular formula is C15H20N4O3S. The van der Waals surface area contributed by atoms with Gasteiger partial charge in [-0.3, -0.25) is 4.79 Å². The lowest BCUT2D eigenvalue weighted by Gasteiger charge is -2.16. The molecule has 2 rings (SSSR count). The Labute approximate surface area is 138 Å². The van der Waals surface area contributed by atoms with Gasteiger partial charge in [-0.1, -0.05) is 32.5 Å². The lowest BCUT2D eigenvalue weighted by molar-refractivity contribution is 0.0987. The van der Waals surface area contributed by atoms with E-state index in [1.54, 1.807) is 0 Å². The van der Waals surface area contributed by atoms with Crippen molar-refractivity contribution >= 4 is 17.5 Å². The second-order valence-electron chi connectivity index (χ2n) is 6.15. The topological polar surface area (TPSA) is 114 Å². The van der Waals surface area contributed by atoms with E-state index in [9.17, 15) is 15.0 Å². The molecule has 1 heterocycles. The average Bonchev–Trinajstić information content (AvgIpc) is 2.80. The van der Waals surface area contributed by atoms with Crippen LogP contribution in [-0.2, 0) is 5.41 Å². The van der Waals surface area contributed by atoms with E-state index in [0.717, 1.165) is 6.07 Å². The fourth-order valence-electron chi connectivity index (χ4n) is 2.01. The van der Waals surface area contributed by atoms with Crippen molar-refractivity contribution in [2.45, 2.75) is 37.8 Å². The molecule has 0 saturated heterocycles. The first-order valence-corrected chi connectivity index (χ1v) is 8.07. The number of phenols is 2. The lowest BCUT2D eigenvalue weighted by Crippen LogP contribution is -2.24. The number of nitrogens with two attached hydrogens (primary N) is 1. The minimum Gasteiger partial charge on any atom is -0.508 e. The summed E-state index contributed by atoms with van der Waals surface area (Å²) in [4.78, 5) is 12.1. The summed E-state index contributed by atoms with van der Waals surface area (Å²) >= 11 is 1.33. The number of carbonyl (C=O) groups excluding carboxylic acids is 1. The Morgan fingerprint density at radius 1 is 1.30 bits per heavy atom. The van der Waals surface area contributed by atoms with Crippen molar-refractivity contribution in [2.75, 3.05) is 11.6 Å². The molecule has 0 saturated carbocycles. The van der Waals surface area contributed by atoms with Crippen LogP contribution in [0.15, 0.2) is 23.4 Å². The van der Waals surface area contributed by atoms with Gasteiger partial charge in [0.15, 0.2) is 11.6 Å². The second kappa shape index (κ2) is 6.49. The van der Waals surface area contributed by atoms with E-state index in [4.69, 9.17) is 5.84 Å². The molecule has 23 heavy (non-hydrogen) atoms. The van der Waals surface area contributed by atoms with Crippen molar-refractivity contribution in [1.82, 2.24) is 14.9 Å². The number of Topliss-reactive ketones (excluding diaryl/α,β-unsaturated/α-hetero) is 1.